The summed E-state index contributed by atoms with van der Waals surface area (Å²) in [4.78, 5) is 29.2. The number of carbonyl (C=O) groups is 2. The number of pyridine rings is 1. The number of aromatic nitrogens is 4. The molecule has 0 N–H and O–H groups in total. The van der Waals surface area contributed by atoms with Gasteiger partial charge in [-0.2, -0.15) is 0 Å². The fourth-order valence-electron chi connectivity index (χ4n) is 3.45. The monoisotopic (exact) mass is 377 g/mol. The van der Waals surface area contributed by atoms with Crippen molar-refractivity contribution in [2.45, 2.75) is 19.4 Å². The number of hydrogen-bond donors (Lipinski definition) is 0. The highest BCUT2D eigenvalue weighted by Crippen LogP contribution is 2.59. The highest BCUT2D eigenvalue weighted by atomic mass is 19.3. The molecule has 0 aromatic carbocycles. The van der Waals surface area contributed by atoms with Crippen LogP contribution in [0.1, 0.15) is 33.5 Å². The number of alkyl halides is 2. The largest absolute Gasteiger partial charge is 0.461 e. The summed E-state index contributed by atoms with van der Waals surface area (Å²) in [6.07, 6.45) is 2.05. The number of carbonyl (C=O) groups excluding carboxylic acids is 2. The zero-order chi connectivity index (χ0) is 19.2. The zero-order valence-electron chi connectivity index (χ0n) is 14.5. The van der Waals surface area contributed by atoms with E-state index in [0.717, 1.165) is 0 Å². The lowest BCUT2D eigenvalue weighted by Gasteiger charge is -2.21. The molecule has 0 amide bonds. The van der Waals surface area contributed by atoms with Crippen molar-refractivity contribution in [3.8, 4) is 0 Å². The van der Waals surface area contributed by atoms with Crippen LogP contribution < -0.4 is 4.90 Å². The van der Waals surface area contributed by atoms with E-state index >= 15 is 0 Å². The highest BCUT2D eigenvalue weighted by molar-refractivity contribution is 5.86. The molecule has 2 aliphatic rings. The summed E-state index contributed by atoms with van der Waals surface area (Å²) in [5.41, 5.74) is 0.864. The first-order chi connectivity index (χ1) is 12.9. The third-order valence-electron chi connectivity index (χ3n) is 4.99. The van der Waals surface area contributed by atoms with E-state index in [9.17, 15) is 18.4 Å². The summed E-state index contributed by atoms with van der Waals surface area (Å²) >= 11 is 0. The first-order valence-electron chi connectivity index (χ1n) is 8.59. The molecule has 0 bridgehead atoms. The number of fused-ring (bicyclic) bond motifs is 1. The second-order valence-electron chi connectivity index (χ2n) is 6.65. The Morgan fingerprint density at radius 1 is 1.37 bits per heavy atom. The maximum Gasteiger partial charge on any atom is 0.360 e. The van der Waals surface area contributed by atoms with Crippen molar-refractivity contribution >= 4 is 18.1 Å². The minimum Gasteiger partial charge on any atom is -0.461 e. The maximum absolute atomic E-state index is 13.3. The molecule has 2 atom stereocenters. The Morgan fingerprint density at radius 3 is 2.78 bits per heavy atom. The molecule has 0 radical (unpaired) electrons. The van der Waals surface area contributed by atoms with Crippen LogP contribution in [-0.4, -0.2) is 57.9 Å². The van der Waals surface area contributed by atoms with Crippen LogP contribution in [0.15, 0.2) is 18.3 Å². The molecular formula is C17H17F2N5O3. The Labute approximate surface area is 153 Å². The Balaban J connectivity index is 1.48. The molecule has 8 nitrogen and oxygen atoms in total. The van der Waals surface area contributed by atoms with E-state index in [0.29, 0.717) is 17.7 Å². The van der Waals surface area contributed by atoms with Crippen molar-refractivity contribution in [2.75, 3.05) is 24.6 Å². The Morgan fingerprint density at radius 2 is 2.11 bits per heavy atom. The maximum atomic E-state index is 13.3. The third kappa shape index (κ3) is 3.04. The van der Waals surface area contributed by atoms with Crippen LogP contribution in [0.25, 0.3) is 0 Å². The Bertz CT molecular complexity index is 886. The lowest BCUT2D eigenvalue weighted by atomic mass is 10.2. The molecule has 2 fully saturated rings. The highest BCUT2D eigenvalue weighted by Gasteiger charge is 2.71. The standard InChI is InChI=1S/C17H17F2N5O3/c1-2-27-16(26)13-8-24(22-21-13)5-10-3-4-15(20-14(10)9-25)23-6-11-12(7-23)17(11,18)19/h3-4,8-9,11-12H,2,5-7H2,1H3. The lowest BCUT2D eigenvalue weighted by molar-refractivity contribution is 0.0519. The molecule has 2 aromatic rings. The van der Waals surface area contributed by atoms with Gasteiger partial charge in [-0.15, -0.1) is 5.10 Å². The summed E-state index contributed by atoms with van der Waals surface area (Å²) in [5, 5.41) is 7.59. The van der Waals surface area contributed by atoms with Crippen molar-refractivity contribution in [3.63, 3.8) is 0 Å². The molecule has 3 heterocycles. The van der Waals surface area contributed by atoms with Gasteiger partial charge in [0.1, 0.15) is 11.5 Å². The van der Waals surface area contributed by atoms with Gasteiger partial charge < -0.3 is 9.64 Å². The van der Waals surface area contributed by atoms with Gasteiger partial charge in [0.15, 0.2) is 12.0 Å². The Hall–Kier alpha value is -2.91. The van der Waals surface area contributed by atoms with Crippen molar-refractivity contribution in [1.29, 1.82) is 0 Å². The van der Waals surface area contributed by atoms with Crippen molar-refractivity contribution < 1.29 is 23.1 Å². The molecule has 142 valence electrons. The number of aldehydes is 1. The predicted octanol–water partition coefficient (Wildman–Crippen LogP) is 1.41. The molecule has 1 saturated carbocycles. The van der Waals surface area contributed by atoms with Gasteiger partial charge in [-0.3, -0.25) is 4.79 Å². The molecule has 1 aliphatic carbocycles. The minimum absolute atomic E-state index is 0.0753. The molecule has 1 saturated heterocycles. The van der Waals surface area contributed by atoms with Crippen molar-refractivity contribution in [1.82, 2.24) is 20.0 Å². The topological polar surface area (TPSA) is 90.2 Å². The summed E-state index contributed by atoms with van der Waals surface area (Å²) in [6, 6.07) is 3.41. The molecule has 1 aliphatic heterocycles. The van der Waals surface area contributed by atoms with E-state index in [2.05, 4.69) is 15.3 Å². The zero-order valence-corrected chi connectivity index (χ0v) is 14.5. The van der Waals surface area contributed by atoms with E-state index < -0.39 is 23.7 Å². The predicted molar refractivity (Wildman–Crippen MR) is 88.8 cm³/mol. The van der Waals surface area contributed by atoms with Crippen LogP contribution in [0.5, 0.6) is 0 Å². The molecule has 0 spiro atoms. The average molecular weight is 377 g/mol. The average Bonchev–Trinajstić information content (AvgIpc) is 3.11. The summed E-state index contributed by atoms with van der Waals surface area (Å²) in [6.45, 7) is 2.60. The molecular weight excluding hydrogens is 360 g/mol. The van der Waals surface area contributed by atoms with Gasteiger partial charge in [-0.05, 0) is 13.0 Å². The van der Waals surface area contributed by atoms with E-state index in [1.54, 1.807) is 24.0 Å². The van der Waals surface area contributed by atoms with Gasteiger partial charge in [-0.25, -0.2) is 23.2 Å². The van der Waals surface area contributed by atoms with Crippen molar-refractivity contribution in [3.05, 3.63) is 35.3 Å². The number of esters is 1. The van der Waals surface area contributed by atoms with E-state index in [-0.39, 0.29) is 37.6 Å². The van der Waals surface area contributed by atoms with Gasteiger partial charge in [0, 0.05) is 18.7 Å². The third-order valence-corrected chi connectivity index (χ3v) is 4.99. The van der Waals surface area contributed by atoms with Crippen LogP contribution in [0.2, 0.25) is 0 Å². The smallest absolute Gasteiger partial charge is 0.360 e. The second-order valence-corrected chi connectivity index (χ2v) is 6.65. The molecule has 2 unspecified atom stereocenters. The molecule has 2 aromatic heterocycles. The quantitative estimate of drug-likeness (QED) is 0.555. The van der Waals surface area contributed by atoms with E-state index in [1.165, 1.54) is 10.9 Å². The summed E-state index contributed by atoms with van der Waals surface area (Å²) < 4.78 is 32.9. The van der Waals surface area contributed by atoms with Crippen LogP contribution in [0.4, 0.5) is 14.6 Å². The number of hydrogen-bond acceptors (Lipinski definition) is 7. The number of halogens is 2. The van der Waals surface area contributed by atoms with Crippen molar-refractivity contribution in [2.24, 2.45) is 11.8 Å². The number of ether oxygens (including phenoxy) is 1. The Kier molecular flexibility index (Phi) is 4.12. The summed E-state index contributed by atoms with van der Waals surface area (Å²) in [7, 11) is 0. The number of piperidine rings is 1. The van der Waals surface area contributed by atoms with Crippen LogP contribution in [-0.2, 0) is 11.3 Å². The second kappa shape index (κ2) is 6.36. The molecule has 4 rings (SSSR count). The fourth-order valence-corrected chi connectivity index (χ4v) is 3.45. The summed E-state index contributed by atoms with van der Waals surface area (Å²) in [5.74, 6) is -3.86. The van der Waals surface area contributed by atoms with E-state index in [1.807, 2.05) is 0 Å². The molecule has 10 heteroatoms. The normalized spacial score (nSPS) is 22.4. The van der Waals surface area contributed by atoms with Gasteiger partial charge >= 0.3 is 5.97 Å². The van der Waals surface area contributed by atoms with Crippen LogP contribution in [0.3, 0.4) is 0 Å². The first-order valence-corrected chi connectivity index (χ1v) is 8.59. The van der Waals surface area contributed by atoms with Gasteiger partial charge in [-0.1, -0.05) is 11.3 Å². The molecule has 27 heavy (non-hydrogen) atoms. The number of rotatable bonds is 6. The number of nitrogens with zero attached hydrogens (tertiary/aromatic N) is 5. The first kappa shape index (κ1) is 17.5. The minimum atomic E-state index is -2.56. The van der Waals surface area contributed by atoms with Crippen LogP contribution >= 0.6 is 0 Å². The van der Waals surface area contributed by atoms with Gasteiger partial charge in [0.05, 0.1) is 31.2 Å². The van der Waals surface area contributed by atoms with Gasteiger partial charge in [0.25, 0.3) is 5.92 Å². The van der Waals surface area contributed by atoms with Gasteiger partial charge in [0.2, 0.25) is 0 Å². The SMILES string of the molecule is CCOC(=O)c1cn(Cc2ccc(N3CC4C(C3)C4(F)F)nc2C=O)nn1. The fraction of sp³-hybridized carbons (Fsp3) is 0.471. The van der Waals surface area contributed by atoms with E-state index in [4.69, 9.17) is 4.74 Å². The number of anilines is 1. The van der Waals surface area contributed by atoms with Crippen LogP contribution in [0, 0.1) is 11.8 Å². The lowest BCUT2D eigenvalue weighted by Crippen LogP contribution is -2.28.